The summed E-state index contributed by atoms with van der Waals surface area (Å²) in [5.74, 6) is -4.22. The van der Waals surface area contributed by atoms with E-state index in [9.17, 15) is 13.6 Å². The second-order valence-electron chi connectivity index (χ2n) is 3.25. The quantitative estimate of drug-likeness (QED) is 0.750. The molecule has 0 radical (unpaired) electrons. The molecule has 4 nitrogen and oxygen atoms in total. The average molecular weight is 202 g/mol. The highest BCUT2D eigenvalue weighted by Gasteiger charge is 2.39. The summed E-state index contributed by atoms with van der Waals surface area (Å²) in [5, 5.41) is 12.2. The van der Waals surface area contributed by atoms with E-state index < -0.39 is 11.9 Å². The highest BCUT2D eigenvalue weighted by Crippen LogP contribution is 2.36. The van der Waals surface area contributed by atoms with Crippen molar-refractivity contribution in [2.75, 3.05) is 0 Å². The van der Waals surface area contributed by atoms with Gasteiger partial charge >= 0.3 is 5.97 Å². The number of nitrogens with zero attached hydrogens (tertiary/aromatic N) is 2. The first-order valence-corrected chi connectivity index (χ1v) is 4.20. The lowest BCUT2D eigenvalue weighted by molar-refractivity contribution is -0.0364. The van der Waals surface area contributed by atoms with Gasteiger partial charge in [-0.1, -0.05) is 0 Å². The van der Waals surface area contributed by atoms with E-state index in [0.29, 0.717) is 13.0 Å². The molecule has 1 aliphatic rings. The van der Waals surface area contributed by atoms with Crippen molar-refractivity contribution in [1.82, 2.24) is 9.78 Å². The number of aromatic nitrogens is 2. The lowest BCUT2D eigenvalue weighted by atomic mass is 10.1. The minimum atomic E-state index is -2.95. The van der Waals surface area contributed by atoms with E-state index >= 15 is 0 Å². The van der Waals surface area contributed by atoms with Gasteiger partial charge in [-0.2, -0.15) is 13.9 Å². The first-order valence-electron chi connectivity index (χ1n) is 4.20. The summed E-state index contributed by atoms with van der Waals surface area (Å²) in [4.78, 5) is 10.5. The summed E-state index contributed by atoms with van der Waals surface area (Å²) in [6.07, 6.45) is 0.0818. The normalized spacial score (nSPS) is 19.0. The lowest BCUT2D eigenvalue weighted by Crippen LogP contribution is -2.25. The maximum absolute atomic E-state index is 13.2. The van der Waals surface area contributed by atoms with Gasteiger partial charge in [-0.15, -0.1) is 0 Å². The van der Waals surface area contributed by atoms with Crippen LogP contribution in [0.4, 0.5) is 8.78 Å². The molecule has 1 N–H and O–H groups in total. The van der Waals surface area contributed by atoms with Crippen LogP contribution in [0.25, 0.3) is 0 Å². The van der Waals surface area contributed by atoms with Crippen molar-refractivity contribution in [1.29, 1.82) is 0 Å². The number of halogens is 2. The third-order valence-corrected chi connectivity index (χ3v) is 2.23. The topological polar surface area (TPSA) is 55.1 Å². The molecule has 0 aromatic carbocycles. The van der Waals surface area contributed by atoms with E-state index in [1.807, 2.05) is 0 Å². The monoisotopic (exact) mass is 202 g/mol. The van der Waals surface area contributed by atoms with Crippen LogP contribution in [0.15, 0.2) is 6.07 Å². The van der Waals surface area contributed by atoms with E-state index in [0.717, 1.165) is 10.7 Å². The van der Waals surface area contributed by atoms with E-state index in [1.165, 1.54) is 0 Å². The van der Waals surface area contributed by atoms with Gasteiger partial charge in [0.05, 0.1) is 0 Å². The van der Waals surface area contributed by atoms with Crippen molar-refractivity contribution in [2.24, 2.45) is 0 Å². The Balaban J connectivity index is 2.49. The third-order valence-electron chi connectivity index (χ3n) is 2.23. The lowest BCUT2D eigenvalue weighted by Gasteiger charge is -2.22. The highest BCUT2D eigenvalue weighted by atomic mass is 19.3. The van der Waals surface area contributed by atoms with Gasteiger partial charge in [0, 0.05) is 19.0 Å². The summed E-state index contributed by atoms with van der Waals surface area (Å²) in [6, 6.07) is 0.946. The van der Waals surface area contributed by atoms with Crippen LogP contribution in [0.2, 0.25) is 0 Å². The van der Waals surface area contributed by atoms with Crippen molar-refractivity contribution < 1.29 is 18.7 Å². The molecule has 0 saturated carbocycles. The number of alkyl halides is 2. The van der Waals surface area contributed by atoms with E-state index in [-0.39, 0.29) is 17.8 Å². The second-order valence-corrected chi connectivity index (χ2v) is 3.25. The fourth-order valence-electron chi connectivity index (χ4n) is 1.57. The molecule has 0 amide bonds. The molecule has 1 aliphatic heterocycles. The summed E-state index contributed by atoms with van der Waals surface area (Å²) < 4.78 is 27.5. The summed E-state index contributed by atoms with van der Waals surface area (Å²) >= 11 is 0. The standard InChI is InChI=1S/C8H8F2N2O2/c9-8(10)2-1-3-12-6(8)4-5(11-12)7(13)14/h4H,1-3H2,(H,13,14). The first kappa shape index (κ1) is 9.11. The number of aromatic carboxylic acids is 1. The van der Waals surface area contributed by atoms with E-state index in [4.69, 9.17) is 5.11 Å². The molecule has 6 heteroatoms. The Bertz CT molecular complexity index is 387. The molecular weight excluding hydrogens is 194 g/mol. The maximum atomic E-state index is 13.2. The van der Waals surface area contributed by atoms with Gasteiger partial charge in [-0.05, 0) is 6.42 Å². The molecule has 0 saturated heterocycles. The minimum Gasteiger partial charge on any atom is -0.476 e. The predicted molar refractivity (Wildman–Crippen MR) is 42.3 cm³/mol. The zero-order valence-corrected chi connectivity index (χ0v) is 7.20. The molecule has 2 heterocycles. The van der Waals surface area contributed by atoms with Crippen LogP contribution in [0.3, 0.4) is 0 Å². The number of fused-ring (bicyclic) bond motifs is 1. The Kier molecular flexibility index (Phi) is 1.80. The predicted octanol–water partition coefficient (Wildman–Crippen LogP) is 1.47. The molecular formula is C8H8F2N2O2. The number of rotatable bonds is 1. The number of carboxylic acids is 1. The maximum Gasteiger partial charge on any atom is 0.356 e. The number of carbonyl (C=O) groups is 1. The van der Waals surface area contributed by atoms with Crippen molar-refractivity contribution in [3.05, 3.63) is 17.5 Å². The largest absolute Gasteiger partial charge is 0.476 e. The summed E-state index contributed by atoms with van der Waals surface area (Å²) in [5.41, 5.74) is -0.609. The van der Waals surface area contributed by atoms with Gasteiger partial charge in [-0.3, -0.25) is 4.68 Å². The van der Waals surface area contributed by atoms with Crippen LogP contribution in [-0.4, -0.2) is 20.9 Å². The molecule has 76 valence electrons. The zero-order chi connectivity index (χ0) is 10.3. The van der Waals surface area contributed by atoms with Gasteiger partial charge < -0.3 is 5.11 Å². The Morgan fingerprint density at radius 3 is 2.93 bits per heavy atom. The first-order chi connectivity index (χ1) is 6.50. The van der Waals surface area contributed by atoms with E-state index in [1.54, 1.807) is 0 Å². The molecule has 0 fully saturated rings. The van der Waals surface area contributed by atoms with Gasteiger partial charge in [0.15, 0.2) is 5.69 Å². The minimum absolute atomic E-state index is 0.238. The molecule has 0 atom stereocenters. The third kappa shape index (κ3) is 1.26. The number of hydrogen-bond donors (Lipinski definition) is 1. The van der Waals surface area contributed by atoms with E-state index in [2.05, 4.69) is 5.10 Å². The van der Waals surface area contributed by atoms with Crippen molar-refractivity contribution in [2.45, 2.75) is 25.3 Å². The van der Waals surface area contributed by atoms with Crippen LogP contribution in [0.1, 0.15) is 29.0 Å². The molecule has 2 rings (SSSR count). The molecule has 0 unspecified atom stereocenters. The van der Waals surface area contributed by atoms with Crippen molar-refractivity contribution >= 4 is 5.97 Å². The molecule has 0 bridgehead atoms. The van der Waals surface area contributed by atoms with Crippen molar-refractivity contribution in [3.63, 3.8) is 0 Å². The van der Waals surface area contributed by atoms with Gasteiger partial charge in [0.25, 0.3) is 5.92 Å². The average Bonchev–Trinajstić information content (AvgIpc) is 2.48. The molecule has 1 aromatic rings. The van der Waals surface area contributed by atoms with Crippen LogP contribution in [-0.2, 0) is 12.5 Å². The molecule has 14 heavy (non-hydrogen) atoms. The Morgan fingerprint density at radius 1 is 1.64 bits per heavy atom. The summed E-state index contributed by atoms with van der Waals surface area (Å²) in [7, 11) is 0. The van der Waals surface area contributed by atoms with Gasteiger partial charge in [0.2, 0.25) is 0 Å². The number of hydrogen-bond acceptors (Lipinski definition) is 2. The fraction of sp³-hybridized carbons (Fsp3) is 0.500. The van der Waals surface area contributed by atoms with Crippen LogP contribution >= 0.6 is 0 Å². The van der Waals surface area contributed by atoms with Crippen LogP contribution < -0.4 is 0 Å². The number of carboxylic acid groups (broad SMARTS) is 1. The Hall–Kier alpha value is -1.46. The molecule has 0 aliphatic carbocycles. The van der Waals surface area contributed by atoms with Gasteiger partial charge in [-0.25, -0.2) is 4.79 Å². The smallest absolute Gasteiger partial charge is 0.356 e. The highest BCUT2D eigenvalue weighted by molar-refractivity contribution is 5.85. The fourth-order valence-corrected chi connectivity index (χ4v) is 1.57. The van der Waals surface area contributed by atoms with Crippen LogP contribution in [0.5, 0.6) is 0 Å². The van der Waals surface area contributed by atoms with Crippen LogP contribution in [0, 0.1) is 0 Å². The zero-order valence-electron chi connectivity index (χ0n) is 7.20. The van der Waals surface area contributed by atoms with Gasteiger partial charge in [0.1, 0.15) is 5.69 Å². The SMILES string of the molecule is O=C(O)c1cc2n(n1)CCCC2(F)F. The Labute approximate surface area is 78.1 Å². The molecule has 1 aromatic heterocycles. The second kappa shape index (κ2) is 2.76. The Morgan fingerprint density at radius 2 is 2.36 bits per heavy atom. The number of aryl methyl sites for hydroxylation is 1. The molecule has 0 spiro atoms. The van der Waals surface area contributed by atoms with Crippen molar-refractivity contribution in [3.8, 4) is 0 Å². The summed E-state index contributed by atoms with van der Waals surface area (Å²) in [6.45, 7) is 0.359.